The number of benzene rings is 3. The van der Waals surface area contributed by atoms with Gasteiger partial charge in [0.15, 0.2) is 0 Å². The summed E-state index contributed by atoms with van der Waals surface area (Å²) in [5.41, 5.74) is 7.94. The summed E-state index contributed by atoms with van der Waals surface area (Å²) in [5.74, 6) is -0.889. The number of anilines is 2. The molecule has 0 bridgehead atoms. The molecule has 0 unspecified atom stereocenters. The molecular weight excluding hydrogens is 500 g/mol. The van der Waals surface area contributed by atoms with Gasteiger partial charge >= 0.3 is 12.0 Å². The highest BCUT2D eigenvalue weighted by atomic mass is 19.4. The molecular formula is C26H18BF3N4O4. The number of primary amides is 1. The maximum Gasteiger partial charge on any atom is 0.573 e. The summed E-state index contributed by atoms with van der Waals surface area (Å²) in [4.78, 5) is 28.9. The van der Waals surface area contributed by atoms with Crippen LogP contribution >= 0.6 is 0 Å². The van der Waals surface area contributed by atoms with Crippen LogP contribution in [0.15, 0.2) is 69.9 Å². The number of imidazole rings is 1. The lowest BCUT2D eigenvalue weighted by Crippen LogP contribution is -2.22. The van der Waals surface area contributed by atoms with Crippen molar-refractivity contribution in [3.63, 3.8) is 0 Å². The first-order valence-corrected chi connectivity index (χ1v) is 11.2. The van der Waals surface area contributed by atoms with E-state index in [1.165, 1.54) is 24.3 Å². The Bertz CT molecular complexity index is 1740. The number of nitrogens with zero attached hydrogens (tertiary/aromatic N) is 2. The number of nitrogens with one attached hydrogen (secondary N) is 1. The summed E-state index contributed by atoms with van der Waals surface area (Å²) < 4.78 is 48.7. The Morgan fingerprint density at radius 3 is 2.45 bits per heavy atom. The van der Waals surface area contributed by atoms with Gasteiger partial charge in [0.25, 0.3) is 5.91 Å². The fraction of sp³-hybridized carbons (Fsp3) is 0.115. The number of rotatable bonds is 6. The van der Waals surface area contributed by atoms with E-state index in [2.05, 4.69) is 15.0 Å². The molecule has 0 spiro atoms. The zero-order chi connectivity index (χ0) is 27.2. The van der Waals surface area contributed by atoms with Gasteiger partial charge in [-0.1, -0.05) is 29.7 Å². The SMILES string of the molecule is [B]c1ccc(Cn2c(Nc3ccc(OC(F)(F)F)cc3)nc3cc4c(C)c(C(N)=O)c(=O)oc4cc32)cc1. The monoisotopic (exact) mass is 518 g/mol. The fourth-order valence-corrected chi connectivity index (χ4v) is 4.18. The highest BCUT2D eigenvalue weighted by molar-refractivity contribution is 6.32. The van der Waals surface area contributed by atoms with Crippen molar-refractivity contribution in [2.45, 2.75) is 19.8 Å². The molecule has 38 heavy (non-hydrogen) atoms. The molecule has 12 heteroatoms. The van der Waals surface area contributed by atoms with Gasteiger partial charge in [-0.15, -0.1) is 13.2 Å². The van der Waals surface area contributed by atoms with Gasteiger partial charge in [0.05, 0.1) is 17.6 Å². The molecule has 190 valence electrons. The predicted octanol–water partition coefficient (Wildman–Crippen LogP) is 4.03. The molecule has 5 aromatic rings. The number of nitrogens with two attached hydrogens (primary N) is 1. The molecule has 0 aliphatic rings. The molecule has 0 saturated carbocycles. The van der Waals surface area contributed by atoms with Crippen molar-refractivity contribution in [2.24, 2.45) is 5.73 Å². The van der Waals surface area contributed by atoms with Gasteiger partial charge in [0.2, 0.25) is 5.95 Å². The smallest absolute Gasteiger partial charge is 0.422 e. The number of halogens is 3. The van der Waals surface area contributed by atoms with Crippen molar-refractivity contribution >= 4 is 52.9 Å². The third kappa shape index (κ3) is 4.92. The largest absolute Gasteiger partial charge is 0.573 e. The molecule has 1 amide bonds. The number of aryl methyl sites for hydroxylation is 1. The molecule has 0 atom stereocenters. The van der Waals surface area contributed by atoms with Gasteiger partial charge in [0.1, 0.15) is 24.7 Å². The second-order valence-electron chi connectivity index (χ2n) is 8.55. The molecule has 0 aliphatic heterocycles. The van der Waals surface area contributed by atoms with Crippen molar-refractivity contribution in [1.29, 1.82) is 0 Å². The lowest BCUT2D eigenvalue weighted by Gasteiger charge is -2.13. The summed E-state index contributed by atoms with van der Waals surface area (Å²) in [6.45, 7) is 1.93. The molecule has 0 aliphatic carbocycles. The molecule has 2 heterocycles. The van der Waals surface area contributed by atoms with Gasteiger partial charge in [-0.05, 0) is 48.4 Å². The van der Waals surface area contributed by atoms with E-state index >= 15 is 0 Å². The van der Waals surface area contributed by atoms with Gasteiger partial charge in [-0.2, -0.15) is 0 Å². The summed E-state index contributed by atoms with van der Waals surface area (Å²) in [5, 5.41) is 3.61. The number of amides is 1. The molecule has 2 aromatic heterocycles. The lowest BCUT2D eigenvalue weighted by atomic mass is 9.95. The Kier molecular flexibility index (Phi) is 6.10. The molecule has 3 aromatic carbocycles. The van der Waals surface area contributed by atoms with E-state index in [4.69, 9.17) is 18.0 Å². The number of alkyl halides is 3. The van der Waals surface area contributed by atoms with Crippen molar-refractivity contribution in [3.8, 4) is 5.75 Å². The minimum absolute atomic E-state index is 0.238. The quantitative estimate of drug-likeness (QED) is 0.259. The topological polar surface area (TPSA) is 112 Å². The van der Waals surface area contributed by atoms with Crippen LogP contribution < -0.4 is 26.9 Å². The van der Waals surface area contributed by atoms with E-state index in [-0.39, 0.29) is 16.9 Å². The minimum Gasteiger partial charge on any atom is -0.422 e. The maximum absolute atomic E-state index is 12.5. The highest BCUT2D eigenvalue weighted by Gasteiger charge is 2.31. The Hall–Kier alpha value is -4.74. The Labute approximate surface area is 214 Å². The normalized spacial score (nSPS) is 11.7. The molecule has 5 rings (SSSR count). The summed E-state index contributed by atoms with van der Waals surface area (Å²) >= 11 is 0. The van der Waals surface area contributed by atoms with Crippen LogP contribution in [0.5, 0.6) is 5.75 Å². The second kappa shape index (κ2) is 9.29. The van der Waals surface area contributed by atoms with E-state index in [9.17, 15) is 22.8 Å². The van der Waals surface area contributed by atoms with Crippen LogP contribution in [0.4, 0.5) is 24.8 Å². The fourth-order valence-electron chi connectivity index (χ4n) is 4.18. The van der Waals surface area contributed by atoms with Crippen LogP contribution in [0.2, 0.25) is 0 Å². The van der Waals surface area contributed by atoms with E-state index in [0.717, 1.165) is 5.56 Å². The van der Waals surface area contributed by atoms with Crippen molar-refractivity contribution < 1.29 is 27.1 Å². The average Bonchev–Trinajstić information content (AvgIpc) is 3.15. The number of hydrogen-bond acceptors (Lipinski definition) is 6. The maximum atomic E-state index is 12.5. The van der Waals surface area contributed by atoms with E-state index in [0.29, 0.717) is 45.6 Å². The third-order valence-corrected chi connectivity index (χ3v) is 5.95. The summed E-state index contributed by atoms with van der Waals surface area (Å²) in [6, 6.07) is 15.7. The van der Waals surface area contributed by atoms with E-state index < -0.39 is 17.9 Å². The van der Waals surface area contributed by atoms with E-state index in [1.54, 1.807) is 31.2 Å². The third-order valence-electron chi connectivity index (χ3n) is 5.95. The van der Waals surface area contributed by atoms with Crippen molar-refractivity contribution in [1.82, 2.24) is 9.55 Å². The van der Waals surface area contributed by atoms with Crippen LogP contribution in [0.3, 0.4) is 0 Å². The van der Waals surface area contributed by atoms with E-state index in [1.807, 2.05) is 16.7 Å². The standard InChI is InChI=1S/C26H18BF3N4O4/c1-13-18-10-19-20(11-21(18)37-24(36)22(13)23(31)35)34(12-14-2-4-15(27)5-3-14)25(33-19)32-16-6-8-17(9-7-16)38-26(28,29)30/h2-11H,12H2,1H3,(H2,31,35)(H,32,33). The number of aromatic nitrogens is 2. The first kappa shape index (κ1) is 24.9. The number of fused-ring (bicyclic) bond motifs is 2. The molecule has 3 N–H and O–H groups in total. The summed E-state index contributed by atoms with van der Waals surface area (Å²) in [7, 11) is 5.81. The minimum atomic E-state index is -4.80. The van der Waals surface area contributed by atoms with Gasteiger partial charge in [0, 0.05) is 17.1 Å². The Balaban J connectivity index is 1.63. The van der Waals surface area contributed by atoms with Crippen LogP contribution in [-0.2, 0) is 6.54 Å². The van der Waals surface area contributed by atoms with Gasteiger partial charge in [-0.25, -0.2) is 9.78 Å². The van der Waals surface area contributed by atoms with Crippen LogP contribution in [0, 0.1) is 6.92 Å². The van der Waals surface area contributed by atoms with Crippen LogP contribution in [0.25, 0.3) is 22.0 Å². The zero-order valence-electron chi connectivity index (χ0n) is 19.8. The van der Waals surface area contributed by atoms with Gasteiger partial charge < -0.3 is 24.8 Å². The summed E-state index contributed by atoms with van der Waals surface area (Å²) in [6.07, 6.45) is -4.80. The first-order valence-electron chi connectivity index (χ1n) is 11.2. The predicted molar refractivity (Wildman–Crippen MR) is 136 cm³/mol. The van der Waals surface area contributed by atoms with Crippen LogP contribution in [-0.4, -0.2) is 29.7 Å². The Morgan fingerprint density at radius 1 is 1.13 bits per heavy atom. The molecule has 0 fully saturated rings. The van der Waals surface area contributed by atoms with Crippen LogP contribution in [0.1, 0.15) is 21.5 Å². The second-order valence-corrected chi connectivity index (χ2v) is 8.55. The Morgan fingerprint density at radius 2 is 1.82 bits per heavy atom. The number of ether oxygens (including phenoxy) is 1. The van der Waals surface area contributed by atoms with Crippen molar-refractivity contribution in [3.05, 3.63) is 87.8 Å². The average molecular weight is 518 g/mol. The lowest BCUT2D eigenvalue weighted by molar-refractivity contribution is -0.274. The van der Waals surface area contributed by atoms with Gasteiger partial charge in [-0.3, -0.25) is 4.79 Å². The number of carbonyl (C=O) groups is 1. The first-order chi connectivity index (χ1) is 18.0. The molecule has 8 nitrogen and oxygen atoms in total. The number of carbonyl (C=O) groups excluding carboxylic acids is 1. The molecule has 0 saturated heterocycles. The zero-order valence-corrected chi connectivity index (χ0v) is 19.8. The molecule has 2 radical (unpaired) electrons. The number of hydrogen-bond donors (Lipinski definition) is 2. The highest BCUT2D eigenvalue weighted by Crippen LogP contribution is 2.31. The van der Waals surface area contributed by atoms with Crippen molar-refractivity contribution in [2.75, 3.05) is 5.32 Å².